The van der Waals surface area contributed by atoms with Crippen LogP contribution in [0.5, 0.6) is 0 Å². The molecule has 0 heterocycles. The average molecular weight is 433 g/mol. The van der Waals surface area contributed by atoms with Crippen LogP contribution in [-0.2, 0) is 17.9 Å². The number of hydrogen-bond donors (Lipinski definition) is 1. The number of unbranched alkanes of at least 4 members (excludes halogenated alkanes) is 1. The van der Waals surface area contributed by atoms with Crippen LogP contribution in [0, 0.1) is 0 Å². The predicted octanol–water partition coefficient (Wildman–Crippen LogP) is 4.04. The molecule has 0 amide bonds. The SMILES string of the molecule is CCCCN(C)C(=NC)NCc1cccc(COC(C)C)c1.I. The predicted molar refractivity (Wildman–Crippen MR) is 110 cm³/mol. The summed E-state index contributed by atoms with van der Waals surface area (Å²) in [6.07, 6.45) is 2.63. The van der Waals surface area contributed by atoms with Crippen LogP contribution in [0.2, 0.25) is 0 Å². The van der Waals surface area contributed by atoms with Gasteiger partial charge in [0.1, 0.15) is 0 Å². The Balaban J connectivity index is 0.00000484. The van der Waals surface area contributed by atoms with E-state index in [-0.39, 0.29) is 30.1 Å². The fourth-order valence-electron chi connectivity index (χ4n) is 2.16. The second kappa shape index (κ2) is 12.6. The Hall–Kier alpha value is -0.820. The molecule has 0 aliphatic heterocycles. The molecule has 1 aromatic carbocycles. The molecule has 0 saturated heterocycles. The molecule has 0 bridgehead atoms. The third-order valence-electron chi connectivity index (χ3n) is 3.45. The molecule has 0 radical (unpaired) electrons. The number of ether oxygens (including phenoxy) is 1. The lowest BCUT2D eigenvalue weighted by molar-refractivity contribution is 0.0657. The van der Waals surface area contributed by atoms with E-state index in [1.165, 1.54) is 24.0 Å². The van der Waals surface area contributed by atoms with Crippen molar-refractivity contribution in [1.82, 2.24) is 10.2 Å². The van der Waals surface area contributed by atoms with E-state index in [0.29, 0.717) is 6.61 Å². The highest BCUT2D eigenvalue weighted by Gasteiger charge is 2.05. The first-order chi connectivity index (χ1) is 10.6. The molecule has 0 atom stereocenters. The highest BCUT2D eigenvalue weighted by atomic mass is 127. The first-order valence-electron chi connectivity index (χ1n) is 8.18. The summed E-state index contributed by atoms with van der Waals surface area (Å²) in [5, 5.41) is 3.42. The smallest absolute Gasteiger partial charge is 0.193 e. The molecule has 0 fully saturated rings. The number of aliphatic imine (C=N–C) groups is 1. The van der Waals surface area contributed by atoms with Gasteiger partial charge in [0.15, 0.2) is 5.96 Å². The minimum Gasteiger partial charge on any atom is -0.374 e. The van der Waals surface area contributed by atoms with Gasteiger partial charge in [0.25, 0.3) is 0 Å². The van der Waals surface area contributed by atoms with Gasteiger partial charge >= 0.3 is 0 Å². The maximum Gasteiger partial charge on any atom is 0.193 e. The first kappa shape index (κ1) is 22.2. The number of benzene rings is 1. The summed E-state index contributed by atoms with van der Waals surface area (Å²) in [4.78, 5) is 6.52. The zero-order valence-corrected chi connectivity index (χ0v) is 17.5. The Morgan fingerprint density at radius 2 is 2.00 bits per heavy atom. The van der Waals surface area contributed by atoms with Gasteiger partial charge in [-0.05, 0) is 31.4 Å². The summed E-state index contributed by atoms with van der Waals surface area (Å²) in [5.41, 5.74) is 2.46. The second-order valence-electron chi connectivity index (χ2n) is 5.86. The van der Waals surface area contributed by atoms with E-state index in [2.05, 4.69) is 67.3 Å². The third-order valence-corrected chi connectivity index (χ3v) is 3.45. The summed E-state index contributed by atoms with van der Waals surface area (Å²) < 4.78 is 5.66. The van der Waals surface area contributed by atoms with Crippen molar-refractivity contribution in [1.29, 1.82) is 0 Å². The van der Waals surface area contributed by atoms with Crippen molar-refractivity contribution < 1.29 is 4.74 Å². The van der Waals surface area contributed by atoms with Crippen molar-refractivity contribution >= 4 is 29.9 Å². The highest BCUT2D eigenvalue weighted by molar-refractivity contribution is 14.0. The number of nitrogens with one attached hydrogen (secondary N) is 1. The van der Waals surface area contributed by atoms with Gasteiger partial charge in [0.2, 0.25) is 0 Å². The summed E-state index contributed by atoms with van der Waals surface area (Å²) in [6, 6.07) is 8.51. The molecule has 1 N–H and O–H groups in total. The van der Waals surface area contributed by atoms with Crippen molar-refractivity contribution in [3.8, 4) is 0 Å². The van der Waals surface area contributed by atoms with Crippen LogP contribution in [0.1, 0.15) is 44.7 Å². The molecule has 0 aliphatic rings. The fourth-order valence-corrected chi connectivity index (χ4v) is 2.16. The summed E-state index contributed by atoms with van der Waals surface area (Å²) >= 11 is 0. The van der Waals surface area contributed by atoms with Gasteiger partial charge in [-0.3, -0.25) is 4.99 Å². The van der Waals surface area contributed by atoms with Gasteiger partial charge in [-0.2, -0.15) is 0 Å². The van der Waals surface area contributed by atoms with Crippen molar-refractivity contribution in [2.24, 2.45) is 4.99 Å². The van der Waals surface area contributed by atoms with Gasteiger partial charge < -0.3 is 15.0 Å². The molecule has 0 saturated carbocycles. The highest BCUT2D eigenvalue weighted by Crippen LogP contribution is 2.08. The minimum atomic E-state index is 0. The molecule has 0 spiro atoms. The zero-order chi connectivity index (χ0) is 16.4. The van der Waals surface area contributed by atoms with E-state index in [4.69, 9.17) is 4.74 Å². The lowest BCUT2D eigenvalue weighted by Gasteiger charge is -2.22. The molecule has 132 valence electrons. The Morgan fingerprint density at radius 3 is 2.61 bits per heavy atom. The van der Waals surface area contributed by atoms with Crippen LogP contribution >= 0.6 is 24.0 Å². The number of nitrogens with zero attached hydrogens (tertiary/aromatic N) is 2. The van der Waals surface area contributed by atoms with E-state index in [1.54, 1.807) is 0 Å². The lowest BCUT2D eigenvalue weighted by atomic mass is 10.1. The van der Waals surface area contributed by atoms with Gasteiger partial charge in [-0.25, -0.2) is 0 Å². The molecule has 1 aromatic rings. The number of rotatable bonds is 8. The second-order valence-corrected chi connectivity index (χ2v) is 5.86. The summed E-state index contributed by atoms with van der Waals surface area (Å²) in [5.74, 6) is 0.942. The summed E-state index contributed by atoms with van der Waals surface area (Å²) in [7, 11) is 3.91. The van der Waals surface area contributed by atoms with Gasteiger partial charge in [-0.15, -0.1) is 24.0 Å². The van der Waals surface area contributed by atoms with Crippen molar-refractivity contribution in [2.45, 2.75) is 52.9 Å². The third kappa shape index (κ3) is 9.15. The Bertz CT molecular complexity index is 463. The largest absolute Gasteiger partial charge is 0.374 e. The molecule has 1 rings (SSSR count). The van der Waals surface area contributed by atoms with Gasteiger partial charge in [0.05, 0.1) is 12.7 Å². The van der Waals surface area contributed by atoms with E-state index >= 15 is 0 Å². The maximum absolute atomic E-state index is 5.66. The maximum atomic E-state index is 5.66. The van der Waals surface area contributed by atoms with Crippen molar-refractivity contribution in [3.05, 3.63) is 35.4 Å². The quantitative estimate of drug-likeness (QED) is 0.382. The Morgan fingerprint density at radius 1 is 1.30 bits per heavy atom. The van der Waals surface area contributed by atoms with Crippen LogP contribution in [0.15, 0.2) is 29.3 Å². The Kier molecular flexibility index (Phi) is 12.1. The normalized spacial score (nSPS) is 11.3. The van der Waals surface area contributed by atoms with E-state index < -0.39 is 0 Å². The fraction of sp³-hybridized carbons (Fsp3) is 0.611. The van der Waals surface area contributed by atoms with Crippen LogP contribution < -0.4 is 5.32 Å². The number of guanidine groups is 1. The Labute approximate surface area is 158 Å². The van der Waals surface area contributed by atoms with Crippen LogP contribution in [0.25, 0.3) is 0 Å². The van der Waals surface area contributed by atoms with Crippen molar-refractivity contribution in [2.75, 3.05) is 20.6 Å². The lowest BCUT2D eigenvalue weighted by Crippen LogP contribution is -2.38. The number of hydrogen-bond acceptors (Lipinski definition) is 2. The topological polar surface area (TPSA) is 36.9 Å². The van der Waals surface area contributed by atoms with Crippen LogP contribution in [0.3, 0.4) is 0 Å². The molecule has 0 aliphatic carbocycles. The first-order valence-corrected chi connectivity index (χ1v) is 8.18. The molecular formula is C18H32IN3O. The van der Waals surface area contributed by atoms with Crippen LogP contribution in [0.4, 0.5) is 0 Å². The zero-order valence-electron chi connectivity index (χ0n) is 15.1. The molecule has 23 heavy (non-hydrogen) atoms. The average Bonchev–Trinajstić information content (AvgIpc) is 2.52. The molecular weight excluding hydrogens is 401 g/mol. The minimum absolute atomic E-state index is 0. The van der Waals surface area contributed by atoms with Crippen LogP contribution in [-0.4, -0.2) is 37.6 Å². The standard InChI is InChI=1S/C18H31N3O.HI/c1-6-7-11-21(5)18(19-4)20-13-16-9-8-10-17(12-16)14-22-15(2)3;/h8-10,12,15H,6-7,11,13-14H2,1-5H3,(H,19,20);1H. The van der Waals surface area contributed by atoms with E-state index in [9.17, 15) is 0 Å². The van der Waals surface area contributed by atoms with E-state index in [1.807, 2.05) is 7.05 Å². The van der Waals surface area contributed by atoms with E-state index in [0.717, 1.165) is 19.0 Å². The van der Waals surface area contributed by atoms with Crippen molar-refractivity contribution in [3.63, 3.8) is 0 Å². The monoisotopic (exact) mass is 433 g/mol. The van der Waals surface area contributed by atoms with Gasteiger partial charge in [-0.1, -0.05) is 37.6 Å². The summed E-state index contributed by atoms with van der Waals surface area (Å²) in [6.45, 7) is 8.78. The molecule has 5 heteroatoms. The molecule has 4 nitrogen and oxygen atoms in total. The number of halogens is 1. The van der Waals surface area contributed by atoms with Gasteiger partial charge in [0, 0.05) is 27.2 Å². The molecule has 0 unspecified atom stereocenters. The molecule has 0 aromatic heterocycles.